The van der Waals surface area contributed by atoms with Crippen LogP contribution in [-0.4, -0.2) is 248 Å². The number of aliphatic carboxylic acids is 4. The van der Waals surface area contributed by atoms with E-state index in [4.69, 9.17) is 21.9 Å². The summed E-state index contributed by atoms with van der Waals surface area (Å²) in [5, 5.41) is 77.2. The summed E-state index contributed by atoms with van der Waals surface area (Å²) in [5.41, 5.74) is 17.5. The summed E-state index contributed by atoms with van der Waals surface area (Å²) in [7, 11) is 0. The van der Waals surface area contributed by atoms with Gasteiger partial charge in [0.05, 0.1) is 58.2 Å². The van der Waals surface area contributed by atoms with E-state index in [1.165, 1.54) is 20.0 Å². The quantitative estimate of drug-likeness (QED) is 0.0278. The number of aliphatic hydroxyl groups excluding tert-OH is 1. The fourth-order valence-corrected chi connectivity index (χ4v) is 9.84. The number of esters is 1. The molecule has 15 amide bonds. The van der Waals surface area contributed by atoms with E-state index >= 15 is 0 Å². The van der Waals surface area contributed by atoms with Gasteiger partial charge in [-0.3, -0.25) is 91.1 Å². The van der Waals surface area contributed by atoms with Crippen LogP contribution in [0.3, 0.4) is 0 Å². The molecule has 2 heterocycles. The van der Waals surface area contributed by atoms with Crippen molar-refractivity contribution >= 4 is 130 Å². The minimum atomic E-state index is -2.34. The zero-order valence-electron chi connectivity index (χ0n) is 55.3. The molecule has 0 radical (unpaired) electrons. The van der Waals surface area contributed by atoms with E-state index in [-0.39, 0.29) is 25.8 Å². The van der Waals surface area contributed by atoms with E-state index < -0.39 is 262 Å². The number of aliphatic hydroxyl groups is 1. The van der Waals surface area contributed by atoms with Crippen molar-refractivity contribution < 1.29 is 126 Å². The summed E-state index contributed by atoms with van der Waals surface area (Å²) < 4.78 is 5.60. The van der Waals surface area contributed by atoms with Gasteiger partial charge in [0.15, 0.2) is 0 Å². The van der Waals surface area contributed by atoms with Gasteiger partial charge < -0.3 is 122 Å². The Hall–Kier alpha value is -11.9. The number of amides is 15. The molecule has 43 heteroatoms. The molecule has 102 heavy (non-hydrogen) atoms. The van der Waals surface area contributed by atoms with Crippen LogP contribution in [-0.2, 0) is 107 Å². The lowest BCUT2D eigenvalue weighted by Gasteiger charge is -2.31. The van der Waals surface area contributed by atoms with Crippen LogP contribution in [0.2, 0.25) is 0 Å². The number of ether oxygens (including phenoxy) is 1. The molecule has 43 nitrogen and oxygen atoms in total. The van der Waals surface area contributed by atoms with Crippen LogP contribution in [0.15, 0.2) is 30.5 Å². The monoisotopic (exact) mass is 1450 g/mol. The van der Waals surface area contributed by atoms with Crippen molar-refractivity contribution in [3.05, 3.63) is 36.0 Å². The fourth-order valence-electron chi connectivity index (χ4n) is 9.84. The summed E-state index contributed by atoms with van der Waals surface area (Å²) >= 11 is 0. The van der Waals surface area contributed by atoms with Crippen LogP contribution >= 0.6 is 0 Å². The molecular weight excluding hydrogens is 1360 g/mol. The van der Waals surface area contributed by atoms with Gasteiger partial charge in [0, 0.05) is 23.5 Å². The second-order valence-corrected chi connectivity index (χ2v) is 23.6. The molecule has 0 saturated carbocycles. The number of primary amides is 2. The number of cyclic esters (lactones) is 1. The molecule has 1 aromatic carbocycles. The minimum Gasteiger partial charge on any atom is -0.481 e. The summed E-state index contributed by atoms with van der Waals surface area (Å²) in [5.74, 6) is -30.5. The lowest BCUT2D eigenvalue weighted by atomic mass is 9.95. The van der Waals surface area contributed by atoms with Crippen LogP contribution in [0.25, 0.3) is 10.9 Å². The molecule has 0 bridgehead atoms. The Bertz CT molecular complexity index is 3490. The van der Waals surface area contributed by atoms with Crippen molar-refractivity contribution in [3.8, 4) is 0 Å². The lowest BCUT2D eigenvalue weighted by molar-refractivity contribution is -0.157. The average molecular weight is 1450 g/mol. The van der Waals surface area contributed by atoms with Crippen molar-refractivity contribution in [3.63, 3.8) is 0 Å². The van der Waals surface area contributed by atoms with Gasteiger partial charge in [0.2, 0.25) is 89.1 Å². The van der Waals surface area contributed by atoms with Gasteiger partial charge in [-0.15, -0.1) is 0 Å². The number of aromatic nitrogens is 1. The molecule has 1 aromatic heterocycles. The van der Waals surface area contributed by atoms with Crippen LogP contribution in [0.5, 0.6) is 0 Å². The van der Waals surface area contributed by atoms with E-state index in [0.717, 1.165) is 13.8 Å². The largest absolute Gasteiger partial charge is 0.481 e. The fraction of sp³-hybridized carbons (Fsp3) is 0.525. The molecule has 1 saturated heterocycles. The van der Waals surface area contributed by atoms with Crippen LogP contribution in [0.1, 0.15) is 84.6 Å². The van der Waals surface area contributed by atoms with Gasteiger partial charge in [-0.1, -0.05) is 39.0 Å². The first-order valence-corrected chi connectivity index (χ1v) is 31.2. The highest BCUT2D eigenvalue weighted by atomic mass is 16.5. The Labute approximate surface area is 577 Å². The highest BCUT2D eigenvalue weighted by Gasteiger charge is 2.41. The number of hydrogen-bond acceptors (Lipinski definition) is 23. The predicted octanol–water partition coefficient (Wildman–Crippen LogP) is -10.5. The molecular formula is C59H83N17O26. The standard InChI is InChI=1S/C59H83N17O26/c1-24(2)46-59(101)102-26(4)48(76-55(97)36(18-45(89)90)73-53(95)32(14-38(61)79)69-51(93)31(66-23-78)13-27-19-63-29-9-6-5-8-28(27)29)57(99)65-21-40(81)67-30(10-7-11-60)50(92)72-35(17-44(87)88)54(96)70-33(15-39(62)80)52(94)71-34(16-43(85)86)49(91)64-20-41(82)68-37(22-77)56(98)75-47(58(100)74-46)25(3)12-42(83)84/h5-6,8-9,19,23-26,30-37,46-48,63,77H,7,10-18,20-22,60H2,1-4H3,(H2,61,79)(H2,62,80)(H,64,91)(H,65,99)(H,66,78)(H,67,81)(H,68,82)(H,69,93)(H,70,96)(H,71,94)(H,72,92)(H,73,95)(H,74,100)(H,75,98)(H,76,97)(H,83,84)(H,85,86)(H,87,88)(H,89,90). The topological polar surface area (TPSA) is 702 Å². The lowest BCUT2D eigenvalue weighted by Crippen LogP contribution is -2.62. The second kappa shape index (κ2) is 40.8. The zero-order valence-corrected chi connectivity index (χ0v) is 55.3. The van der Waals surface area contributed by atoms with E-state index in [1.807, 2.05) is 31.9 Å². The van der Waals surface area contributed by atoms with Gasteiger partial charge in [-0.25, -0.2) is 4.79 Å². The molecule has 1 fully saturated rings. The number of para-hydroxylation sites is 1. The molecule has 1 aliphatic heterocycles. The number of carbonyl (C=O) groups is 20. The Morgan fingerprint density at radius 1 is 0.578 bits per heavy atom. The van der Waals surface area contributed by atoms with Crippen molar-refractivity contribution in [2.45, 2.75) is 158 Å². The third-order valence-electron chi connectivity index (χ3n) is 15.0. The first-order chi connectivity index (χ1) is 47.9. The number of nitrogens with one attached hydrogen (secondary N) is 14. The normalized spacial score (nSPS) is 22.4. The first-order valence-electron chi connectivity index (χ1n) is 31.2. The van der Waals surface area contributed by atoms with Crippen molar-refractivity contribution in [1.29, 1.82) is 0 Å². The van der Waals surface area contributed by atoms with Gasteiger partial charge in [-0.2, -0.15) is 0 Å². The van der Waals surface area contributed by atoms with E-state index in [2.05, 4.69) is 42.2 Å². The molecule has 0 spiro atoms. The van der Waals surface area contributed by atoms with E-state index in [1.54, 1.807) is 24.3 Å². The maximum atomic E-state index is 14.4. The van der Waals surface area contributed by atoms with Crippen molar-refractivity contribution in [2.24, 2.45) is 29.0 Å². The third-order valence-corrected chi connectivity index (χ3v) is 15.0. The maximum Gasteiger partial charge on any atom is 0.329 e. The van der Waals surface area contributed by atoms with Gasteiger partial charge in [-0.05, 0) is 49.8 Å². The molecule has 1 aliphatic rings. The Morgan fingerprint density at radius 2 is 1.08 bits per heavy atom. The van der Waals surface area contributed by atoms with Crippen molar-refractivity contribution in [2.75, 3.05) is 26.2 Å². The predicted molar refractivity (Wildman–Crippen MR) is 342 cm³/mol. The summed E-state index contributed by atoms with van der Waals surface area (Å²) in [6.07, 6.45) is -8.10. The number of carbonyl (C=O) groups excluding carboxylic acids is 16. The van der Waals surface area contributed by atoms with Gasteiger partial charge in [0.25, 0.3) is 0 Å². The number of carboxylic acids is 4. The number of rotatable bonds is 28. The van der Waals surface area contributed by atoms with Gasteiger partial charge >= 0.3 is 29.8 Å². The molecule has 3 rings (SSSR count). The smallest absolute Gasteiger partial charge is 0.329 e. The summed E-state index contributed by atoms with van der Waals surface area (Å²) in [4.78, 5) is 268. The molecule has 0 aliphatic carbocycles. The number of H-pyrrole nitrogens is 1. The minimum absolute atomic E-state index is 0.112. The second-order valence-electron chi connectivity index (χ2n) is 23.6. The SMILES string of the molecule is CC(C)C1NC(=O)C(C(C)CC(=O)O)NC(=O)C(CO)NC(=O)CNC(=O)C(CC(=O)O)NC(=O)C(CC(N)=O)NC(=O)C(CC(=O)O)NC(=O)C(CCCN)NC(=O)CNC(=O)C(NC(=O)C(CC(=O)O)NC(=O)C(CC(N)=O)NC(=O)C(Cc2c[nH]c3ccccc23)NC=O)C(C)OC1=O. The maximum absolute atomic E-state index is 14.4. The van der Waals surface area contributed by atoms with Crippen LogP contribution < -0.4 is 86.3 Å². The molecule has 560 valence electrons. The Balaban J connectivity index is 2.21. The number of benzene rings is 1. The number of carboxylic acid groups (broad SMARTS) is 4. The average Bonchev–Trinajstić information content (AvgIpc) is 1.61. The zero-order chi connectivity index (χ0) is 76.8. The van der Waals surface area contributed by atoms with Crippen LogP contribution in [0, 0.1) is 11.8 Å². The Morgan fingerprint density at radius 3 is 1.60 bits per heavy atom. The number of hydrogen-bond donors (Lipinski definition) is 22. The highest BCUT2D eigenvalue weighted by molar-refractivity contribution is 6.02. The molecule has 13 atom stereocenters. The molecule has 2 aromatic rings. The number of nitrogens with two attached hydrogens (primary N) is 3. The number of fused-ring (bicyclic) bond motifs is 1. The molecule has 13 unspecified atom stereocenters. The van der Waals surface area contributed by atoms with Crippen LogP contribution in [0.4, 0.5) is 0 Å². The number of aromatic amines is 1. The van der Waals surface area contributed by atoms with Gasteiger partial charge in [0.1, 0.15) is 72.6 Å². The van der Waals surface area contributed by atoms with E-state index in [0.29, 0.717) is 16.5 Å². The Kier molecular flexibility index (Phi) is 33.8. The van der Waals surface area contributed by atoms with E-state index in [9.17, 15) is 121 Å². The summed E-state index contributed by atoms with van der Waals surface area (Å²) in [6, 6.07) is -15.7. The summed E-state index contributed by atoms with van der Waals surface area (Å²) in [6.45, 7) is 0.816. The van der Waals surface area contributed by atoms with Crippen molar-refractivity contribution in [1.82, 2.24) is 74.1 Å². The highest BCUT2D eigenvalue weighted by Crippen LogP contribution is 2.20. The third kappa shape index (κ3) is 27.8. The molecule has 25 N–H and O–H groups in total. The first kappa shape index (κ1) is 84.3.